The van der Waals surface area contributed by atoms with E-state index >= 15 is 0 Å². The van der Waals surface area contributed by atoms with Gasteiger partial charge in [-0.25, -0.2) is 4.98 Å². The largest absolute Gasteiger partial charge is 0.381 e. The van der Waals surface area contributed by atoms with Crippen molar-refractivity contribution in [2.45, 2.75) is 32.9 Å². The normalized spacial score (nSPS) is 22.3. The summed E-state index contributed by atoms with van der Waals surface area (Å²) in [6.07, 6.45) is 9.72. The fraction of sp³-hybridized carbons (Fsp3) is 0.625. The Balaban J connectivity index is 1.74. The number of carbonyl (C=O) groups is 1. The number of ether oxygens (including phenoxy) is 1. The third-order valence-corrected chi connectivity index (χ3v) is 4.31. The van der Waals surface area contributed by atoms with Gasteiger partial charge in [0.25, 0.3) is 0 Å². The maximum Gasteiger partial charge on any atom is 0.226 e. The molecule has 0 aromatic carbocycles. The SMILES string of the molecule is CCOC[C@@H]1CN(C(=O)C2CC=CC2)Cc2cncn2C1. The number of aromatic nitrogens is 2. The first-order valence-corrected chi connectivity index (χ1v) is 7.78. The number of carbonyl (C=O) groups excluding carboxylic acids is 1. The predicted molar refractivity (Wildman–Crippen MR) is 79.5 cm³/mol. The van der Waals surface area contributed by atoms with E-state index in [0.29, 0.717) is 25.7 Å². The summed E-state index contributed by atoms with van der Waals surface area (Å²) in [7, 11) is 0. The van der Waals surface area contributed by atoms with Gasteiger partial charge in [0, 0.05) is 37.7 Å². The molecule has 5 heteroatoms. The van der Waals surface area contributed by atoms with E-state index in [2.05, 4.69) is 21.7 Å². The number of imidazole rings is 1. The van der Waals surface area contributed by atoms with Crippen LogP contribution in [0.1, 0.15) is 25.5 Å². The average Bonchev–Trinajstić information content (AvgIpc) is 3.13. The molecule has 1 aliphatic carbocycles. The van der Waals surface area contributed by atoms with Crippen LogP contribution in [0.5, 0.6) is 0 Å². The van der Waals surface area contributed by atoms with E-state index in [-0.39, 0.29) is 11.8 Å². The molecule has 1 atom stereocenters. The zero-order valence-corrected chi connectivity index (χ0v) is 12.6. The smallest absolute Gasteiger partial charge is 0.226 e. The van der Waals surface area contributed by atoms with Crippen LogP contribution in [0, 0.1) is 11.8 Å². The van der Waals surface area contributed by atoms with Crippen LogP contribution < -0.4 is 0 Å². The highest BCUT2D eigenvalue weighted by molar-refractivity contribution is 5.79. The Labute approximate surface area is 125 Å². The molecule has 1 aromatic rings. The minimum atomic E-state index is 0.132. The number of fused-ring (bicyclic) bond motifs is 1. The van der Waals surface area contributed by atoms with Crippen LogP contribution in [-0.2, 0) is 22.6 Å². The minimum Gasteiger partial charge on any atom is -0.381 e. The van der Waals surface area contributed by atoms with Crippen molar-refractivity contribution in [1.82, 2.24) is 14.5 Å². The molecule has 0 saturated carbocycles. The lowest BCUT2D eigenvalue weighted by atomic mass is 10.0. The zero-order valence-electron chi connectivity index (χ0n) is 12.6. The first-order chi connectivity index (χ1) is 10.3. The monoisotopic (exact) mass is 289 g/mol. The van der Waals surface area contributed by atoms with E-state index in [4.69, 9.17) is 4.74 Å². The van der Waals surface area contributed by atoms with Crippen LogP contribution in [0.25, 0.3) is 0 Å². The lowest BCUT2D eigenvalue weighted by Gasteiger charge is -2.26. The van der Waals surface area contributed by atoms with Gasteiger partial charge in [-0.1, -0.05) is 12.2 Å². The molecular formula is C16H23N3O2. The molecule has 114 valence electrons. The van der Waals surface area contributed by atoms with E-state index in [1.54, 1.807) is 0 Å². The quantitative estimate of drug-likeness (QED) is 0.795. The maximum atomic E-state index is 12.7. The molecule has 21 heavy (non-hydrogen) atoms. The standard InChI is InChI=1S/C16H23N3O2/c1-2-21-11-13-8-18(16(20)14-5-3-4-6-14)10-15-7-17-12-19(15)9-13/h3-4,7,12-14H,2,5-6,8-11H2,1H3/t13-/m1/s1. The molecular weight excluding hydrogens is 266 g/mol. The molecule has 0 unspecified atom stereocenters. The van der Waals surface area contributed by atoms with Gasteiger partial charge in [-0.05, 0) is 19.8 Å². The number of hydrogen-bond acceptors (Lipinski definition) is 3. The van der Waals surface area contributed by atoms with Gasteiger partial charge >= 0.3 is 0 Å². The predicted octanol–water partition coefficient (Wildman–Crippen LogP) is 1.84. The highest BCUT2D eigenvalue weighted by Gasteiger charge is 2.30. The minimum absolute atomic E-state index is 0.132. The summed E-state index contributed by atoms with van der Waals surface area (Å²) in [5.74, 6) is 0.738. The summed E-state index contributed by atoms with van der Waals surface area (Å²) < 4.78 is 7.75. The van der Waals surface area contributed by atoms with Crippen molar-refractivity contribution in [1.29, 1.82) is 0 Å². The Hall–Kier alpha value is -1.62. The van der Waals surface area contributed by atoms with Crippen molar-refractivity contribution in [3.63, 3.8) is 0 Å². The highest BCUT2D eigenvalue weighted by Crippen LogP contribution is 2.24. The van der Waals surface area contributed by atoms with Gasteiger partial charge in [-0.3, -0.25) is 4.79 Å². The van der Waals surface area contributed by atoms with Crippen molar-refractivity contribution in [3.8, 4) is 0 Å². The van der Waals surface area contributed by atoms with Crippen molar-refractivity contribution in [2.75, 3.05) is 19.8 Å². The van der Waals surface area contributed by atoms with Crippen LogP contribution in [0.15, 0.2) is 24.7 Å². The summed E-state index contributed by atoms with van der Waals surface area (Å²) in [5.41, 5.74) is 1.12. The molecule has 0 fully saturated rings. The Morgan fingerprint density at radius 2 is 2.19 bits per heavy atom. The Bertz CT molecular complexity index is 515. The van der Waals surface area contributed by atoms with Crippen LogP contribution in [0.3, 0.4) is 0 Å². The number of rotatable bonds is 4. The van der Waals surface area contributed by atoms with Gasteiger partial charge in [0.05, 0.1) is 25.2 Å². The van der Waals surface area contributed by atoms with E-state index in [9.17, 15) is 4.79 Å². The molecule has 0 bridgehead atoms. The highest BCUT2D eigenvalue weighted by atomic mass is 16.5. The van der Waals surface area contributed by atoms with E-state index in [0.717, 1.165) is 31.6 Å². The lowest BCUT2D eigenvalue weighted by Crippen LogP contribution is -2.38. The molecule has 0 saturated heterocycles. The number of nitrogens with zero attached hydrogens (tertiary/aromatic N) is 3. The van der Waals surface area contributed by atoms with Gasteiger partial charge in [0.2, 0.25) is 5.91 Å². The van der Waals surface area contributed by atoms with Crippen molar-refractivity contribution < 1.29 is 9.53 Å². The van der Waals surface area contributed by atoms with Gasteiger partial charge in [0.15, 0.2) is 0 Å². The second-order valence-electron chi connectivity index (χ2n) is 5.92. The third kappa shape index (κ3) is 3.18. The fourth-order valence-corrected chi connectivity index (χ4v) is 3.19. The Morgan fingerprint density at radius 3 is 2.95 bits per heavy atom. The summed E-state index contributed by atoms with van der Waals surface area (Å²) >= 11 is 0. The van der Waals surface area contributed by atoms with Crippen LogP contribution >= 0.6 is 0 Å². The number of hydrogen-bond donors (Lipinski definition) is 0. The van der Waals surface area contributed by atoms with Crippen LogP contribution in [-0.4, -0.2) is 40.1 Å². The molecule has 1 amide bonds. The number of allylic oxidation sites excluding steroid dienone is 2. The molecule has 0 N–H and O–H groups in total. The van der Waals surface area contributed by atoms with Crippen molar-refractivity contribution in [3.05, 3.63) is 30.4 Å². The summed E-state index contributed by atoms with van der Waals surface area (Å²) in [4.78, 5) is 18.9. The summed E-state index contributed by atoms with van der Waals surface area (Å²) in [6.45, 7) is 5.73. The molecule has 2 heterocycles. The second-order valence-corrected chi connectivity index (χ2v) is 5.92. The van der Waals surface area contributed by atoms with Crippen molar-refractivity contribution in [2.24, 2.45) is 11.8 Å². The first-order valence-electron chi connectivity index (χ1n) is 7.78. The third-order valence-electron chi connectivity index (χ3n) is 4.31. The van der Waals surface area contributed by atoms with Gasteiger partial charge in [-0.15, -0.1) is 0 Å². The second kappa shape index (κ2) is 6.43. The molecule has 2 aliphatic rings. The van der Waals surface area contributed by atoms with E-state index < -0.39 is 0 Å². The molecule has 0 spiro atoms. The van der Waals surface area contributed by atoms with Gasteiger partial charge < -0.3 is 14.2 Å². The molecule has 0 radical (unpaired) electrons. The average molecular weight is 289 g/mol. The summed E-state index contributed by atoms with van der Waals surface area (Å²) in [6, 6.07) is 0. The van der Waals surface area contributed by atoms with E-state index in [1.807, 2.05) is 24.3 Å². The molecule has 1 aromatic heterocycles. The Kier molecular flexibility index (Phi) is 4.39. The van der Waals surface area contributed by atoms with Crippen LogP contribution in [0.2, 0.25) is 0 Å². The van der Waals surface area contributed by atoms with Gasteiger partial charge in [-0.2, -0.15) is 0 Å². The number of amides is 1. The van der Waals surface area contributed by atoms with Crippen LogP contribution in [0.4, 0.5) is 0 Å². The van der Waals surface area contributed by atoms with Gasteiger partial charge in [0.1, 0.15) is 0 Å². The topological polar surface area (TPSA) is 47.4 Å². The van der Waals surface area contributed by atoms with Crippen molar-refractivity contribution >= 4 is 5.91 Å². The fourth-order valence-electron chi connectivity index (χ4n) is 3.19. The summed E-state index contributed by atoms with van der Waals surface area (Å²) in [5, 5.41) is 0. The molecule has 1 aliphatic heterocycles. The molecule has 5 nitrogen and oxygen atoms in total. The lowest BCUT2D eigenvalue weighted by molar-refractivity contribution is -0.136. The molecule has 3 rings (SSSR count). The maximum absolute atomic E-state index is 12.7. The Morgan fingerprint density at radius 1 is 1.38 bits per heavy atom. The van der Waals surface area contributed by atoms with E-state index in [1.165, 1.54) is 0 Å². The first kappa shape index (κ1) is 14.3. The zero-order chi connectivity index (χ0) is 14.7.